The third-order valence-corrected chi connectivity index (χ3v) is 5.78. The summed E-state index contributed by atoms with van der Waals surface area (Å²) in [4.78, 5) is 10.8. The number of sulfonamides is 1. The number of aromatic nitrogens is 2. The minimum atomic E-state index is -3.89. The monoisotopic (exact) mass is 301 g/mol. The Morgan fingerprint density at radius 3 is 2.55 bits per heavy atom. The summed E-state index contributed by atoms with van der Waals surface area (Å²) < 4.78 is 27.4. The summed E-state index contributed by atoms with van der Waals surface area (Å²) in [5.41, 5.74) is -0.234. The summed E-state index contributed by atoms with van der Waals surface area (Å²) in [6.07, 6.45) is 1.73. The van der Waals surface area contributed by atoms with E-state index in [1.807, 2.05) is 6.92 Å². The van der Waals surface area contributed by atoms with Gasteiger partial charge in [0.2, 0.25) is 10.0 Å². The molecule has 1 heterocycles. The molecule has 3 unspecified atom stereocenters. The van der Waals surface area contributed by atoms with Crippen LogP contribution in [0.3, 0.4) is 0 Å². The van der Waals surface area contributed by atoms with Crippen LogP contribution < -0.4 is 4.72 Å². The molecule has 20 heavy (non-hydrogen) atoms. The van der Waals surface area contributed by atoms with Gasteiger partial charge in [-0.25, -0.2) is 17.9 Å². The molecule has 7 nitrogen and oxygen atoms in total. The molecule has 0 amide bonds. The van der Waals surface area contributed by atoms with Gasteiger partial charge in [0.15, 0.2) is 5.69 Å². The van der Waals surface area contributed by atoms with Crippen LogP contribution in [0.2, 0.25) is 0 Å². The highest BCUT2D eigenvalue weighted by atomic mass is 32.2. The Hall–Kier alpha value is -1.41. The van der Waals surface area contributed by atoms with Crippen LogP contribution in [-0.4, -0.2) is 35.7 Å². The molecule has 1 fully saturated rings. The molecule has 1 aliphatic carbocycles. The molecule has 0 saturated heterocycles. The molecule has 2 rings (SSSR count). The van der Waals surface area contributed by atoms with Gasteiger partial charge in [-0.15, -0.1) is 0 Å². The van der Waals surface area contributed by atoms with Crippen LogP contribution in [0.15, 0.2) is 4.90 Å². The fraction of sp³-hybridized carbons (Fsp3) is 0.667. The zero-order valence-electron chi connectivity index (χ0n) is 11.7. The lowest BCUT2D eigenvalue weighted by atomic mass is 9.98. The zero-order chi connectivity index (χ0) is 15.1. The van der Waals surface area contributed by atoms with Gasteiger partial charge in [-0.3, -0.25) is 5.10 Å². The van der Waals surface area contributed by atoms with Crippen molar-refractivity contribution in [1.29, 1.82) is 0 Å². The Labute approximate surface area is 117 Å². The largest absolute Gasteiger partial charge is 0.476 e. The Bertz CT molecular complexity index is 623. The van der Waals surface area contributed by atoms with Crippen LogP contribution in [0.1, 0.15) is 42.9 Å². The van der Waals surface area contributed by atoms with E-state index in [9.17, 15) is 13.2 Å². The molecule has 0 bridgehead atoms. The molecule has 0 radical (unpaired) electrons. The van der Waals surface area contributed by atoms with Crippen LogP contribution >= 0.6 is 0 Å². The number of rotatable bonds is 4. The number of aryl methyl sites for hydroxylation is 1. The summed E-state index contributed by atoms with van der Waals surface area (Å²) in [5.74, 6) is -0.681. The number of nitrogens with one attached hydrogen (secondary N) is 2. The highest BCUT2D eigenvalue weighted by Crippen LogP contribution is 2.32. The number of hydrogen-bond donors (Lipinski definition) is 3. The van der Waals surface area contributed by atoms with Crippen molar-refractivity contribution in [3.63, 3.8) is 0 Å². The topological polar surface area (TPSA) is 112 Å². The van der Waals surface area contributed by atoms with Crippen molar-refractivity contribution in [2.75, 3.05) is 0 Å². The fourth-order valence-corrected chi connectivity index (χ4v) is 4.37. The lowest BCUT2D eigenvalue weighted by Gasteiger charge is -2.19. The van der Waals surface area contributed by atoms with Gasteiger partial charge in [0.05, 0.1) is 5.69 Å². The van der Waals surface area contributed by atoms with Gasteiger partial charge in [0.25, 0.3) is 0 Å². The summed E-state index contributed by atoms with van der Waals surface area (Å²) in [6.45, 7) is 5.59. The molecular weight excluding hydrogens is 282 g/mol. The molecule has 3 atom stereocenters. The minimum Gasteiger partial charge on any atom is -0.476 e. The number of aromatic amines is 1. The molecule has 3 N–H and O–H groups in total. The van der Waals surface area contributed by atoms with Crippen molar-refractivity contribution in [2.24, 2.45) is 11.8 Å². The highest BCUT2D eigenvalue weighted by molar-refractivity contribution is 7.89. The van der Waals surface area contributed by atoms with E-state index < -0.39 is 21.7 Å². The predicted octanol–water partition coefficient (Wildman–Crippen LogP) is 1.13. The first-order valence-corrected chi connectivity index (χ1v) is 8.03. The van der Waals surface area contributed by atoms with E-state index in [1.54, 1.807) is 0 Å². The van der Waals surface area contributed by atoms with Crippen molar-refractivity contribution in [1.82, 2.24) is 14.9 Å². The Balaban J connectivity index is 2.32. The van der Waals surface area contributed by atoms with Crippen molar-refractivity contribution < 1.29 is 18.3 Å². The average Bonchev–Trinajstić information content (AvgIpc) is 2.87. The normalized spacial score (nSPS) is 26.9. The number of aromatic carboxylic acids is 1. The van der Waals surface area contributed by atoms with Crippen molar-refractivity contribution in [3.05, 3.63) is 11.4 Å². The maximum Gasteiger partial charge on any atom is 0.357 e. The van der Waals surface area contributed by atoms with Gasteiger partial charge in [-0.05, 0) is 31.6 Å². The number of carbonyl (C=O) groups is 1. The second-order valence-corrected chi connectivity index (χ2v) is 7.12. The van der Waals surface area contributed by atoms with Crippen molar-refractivity contribution >= 4 is 16.0 Å². The van der Waals surface area contributed by atoms with Crippen molar-refractivity contribution in [2.45, 2.75) is 44.6 Å². The fourth-order valence-electron chi connectivity index (χ4n) is 2.68. The van der Waals surface area contributed by atoms with Gasteiger partial charge in [-0.1, -0.05) is 13.8 Å². The number of nitrogens with zero attached hydrogens (tertiary/aromatic N) is 1. The van der Waals surface area contributed by atoms with E-state index in [2.05, 4.69) is 21.8 Å². The van der Waals surface area contributed by atoms with Crippen LogP contribution in [-0.2, 0) is 10.0 Å². The van der Waals surface area contributed by atoms with E-state index in [-0.39, 0.29) is 22.5 Å². The third-order valence-electron chi connectivity index (χ3n) is 4.13. The van der Waals surface area contributed by atoms with Gasteiger partial charge < -0.3 is 5.11 Å². The molecule has 0 aromatic carbocycles. The second-order valence-electron chi connectivity index (χ2n) is 5.47. The van der Waals surface area contributed by atoms with E-state index >= 15 is 0 Å². The van der Waals surface area contributed by atoms with E-state index in [4.69, 9.17) is 5.11 Å². The number of carboxylic acids is 1. The van der Waals surface area contributed by atoms with Crippen LogP contribution in [0, 0.1) is 18.8 Å². The Kier molecular flexibility index (Phi) is 3.88. The molecule has 0 aliphatic heterocycles. The lowest BCUT2D eigenvalue weighted by Crippen LogP contribution is -2.38. The summed E-state index contributed by atoms with van der Waals surface area (Å²) >= 11 is 0. The standard InChI is InChI=1S/C12H19N3O4S/c1-6-4-5-9(7(6)2)15-20(18,19)11-8(3)13-14-10(11)12(16)17/h6-7,9,15H,4-5H2,1-3H3,(H,13,14)(H,16,17). The Morgan fingerprint density at radius 2 is 2.05 bits per heavy atom. The van der Waals surface area contributed by atoms with E-state index in [0.717, 1.165) is 12.8 Å². The van der Waals surface area contributed by atoms with Gasteiger partial charge in [0, 0.05) is 6.04 Å². The lowest BCUT2D eigenvalue weighted by molar-refractivity contribution is 0.0686. The van der Waals surface area contributed by atoms with Crippen LogP contribution in [0.4, 0.5) is 0 Å². The number of H-pyrrole nitrogens is 1. The van der Waals surface area contributed by atoms with Crippen molar-refractivity contribution in [3.8, 4) is 0 Å². The third kappa shape index (κ3) is 2.57. The molecule has 1 aliphatic rings. The average molecular weight is 301 g/mol. The maximum absolute atomic E-state index is 12.4. The molecule has 8 heteroatoms. The quantitative estimate of drug-likeness (QED) is 0.771. The van der Waals surface area contributed by atoms with Crippen LogP contribution in [0.25, 0.3) is 0 Å². The van der Waals surface area contributed by atoms with Gasteiger partial charge in [0.1, 0.15) is 4.90 Å². The second kappa shape index (κ2) is 5.17. The minimum absolute atomic E-state index is 0.161. The van der Waals surface area contributed by atoms with E-state index in [0.29, 0.717) is 5.92 Å². The van der Waals surface area contributed by atoms with Gasteiger partial charge >= 0.3 is 5.97 Å². The number of hydrogen-bond acceptors (Lipinski definition) is 4. The summed E-state index contributed by atoms with van der Waals surface area (Å²) in [7, 11) is -3.89. The molecule has 112 valence electrons. The molecule has 1 aromatic rings. The van der Waals surface area contributed by atoms with Gasteiger partial charge in [-0.2, -0.15) is 5.10 Å². The first kappa shape index (κ1) is 15.0. The first-order chi connectivity index (χ1) is 9.24. The SMILES string of the molecule is Cc1[nH]nc(C(=O)O)c1S(=O)(=O)NC1CCC(C)C1C. The summed E-state index contributed by atoms with van der Waals surface area (Å²) in [5, 5.41) is 15.0. The molecular formula is C12H19N3O4S. The van der Waals surface area contributed by atoms with E-state index in [1.165, 1.54) is 6.92 Å². The first-order valence-electron chi connectivity index (χ1n) is 6.54. The maximum atomic E-state index is 12.4. The summed E-state index contributed by atoms with van der Waals surface area (Å²) in [6, 6.07) is -0.161. The smallest absolute Gasteiger partial charge is 0.357 e. The highest BCUT2D eigenvalue weighted by Gasteiger charge is 2.36. The predicted molar refractivity (Wildman–Crippen MR) is 72.0 cm³/mol. The number of carboxylic acid groups (broad SMARTS) is 1. The Morgan fingerprint density at radius 1 is 1.40 bits per heavy atom. The molecule has 1 aromatic heterocycles. The zero-order valence-corrected chi connectivity index (χ0v) is 12.5. The van der Waals surface area contributed by atoms with Crippen LogP contribution in [0.5, 0.6) is 0 Å². The molecule has 1 saturated carbocycles. The molecule has 0 spiro atoms.